The van der Waals surface area contributed by atoms with Crippen molar-refractivity contribution in [3.8, 4) is 0 Å². The van der Waals surface area contributed by atoms with Gasteiger partial charge in [-0.15, -0.1) is 11.3 Å². The molecule has 4 rings (SSSR count). The molecule has 1 unspecified atom stereocenters. The van der Waals surface area contributed by atoms with Crippen molar-refractivity contribution in [2.45, 2.75) is 12.5 Å². The Morgan fingerprint density at radius 2 is 2.16 bits per heavy atom. The van der Waals surface area contributed by atoms with Gasteiger partial charge in [0.15, 0.2) is 0 Å². The van der Waals surface area contributed by atoms with Gasteiger partial charge in [0.1, 0.15) is 0 Å². The summed E-state index contributed by atoms with van der Waals surface area (Å²) in [4.78, 5) is 15.7. The smallest absolute Gasteiger partial charge is 0.246 e. The van der Waals surface area contributed by atoms with Crippen LogP contribution in [0, 0.1) is 0 Å². The standard InChI is InChI=1S/C20H19N3OS/c1-22-12-16(11-21-22)19-14-23(13-15-5-2-3-7-18(15)19)20(24)9-8-17-6-4-10-25-17/h2-12,19H,13-14H2,1H3/b9-8+. The fraction of sp³-hybridized carbons (Fsp3) is 0.200. The molecule has 3 heterocycles. The Hall–Kier alpha value is -2.66. The van der Waals surface area contributed by atoms with Crippen molar-refractivity contribution in [3.63, 3.8) is 0 Å². The zero-order valence-electron chi connectivity index (χ0n) is 14.0. The summed E-state index contributed by atoms with van der Waals surface area (Å²) < 4.78 is 1.81. The van der Waals surface area contributed by atoms with Crippen LogP contribution in [0.1, 0.15) is 27.5 Å². The minimum atomic E-state index is 0.0526. The molecular weight excluding hydrogens is 330 g/mol. The van der Waals surface area contributed by atoms with Crippen molar-refractivity contribution in [2.24, 2.45) is 7.05 Å². The second kappa shape index (κ2) is 6.69. The summed E-state index contributed by atoms with van der Waals surface area (Å²) in [5, 5.41) is 6.32. The molecule has 0 saturated carbocycles. The highest BCUT2D eigenvalue weighted by molar-refractivity contribution is 7.10. The maximum absolute atomic E-state index is 12.7. The average molecular weight is 349 g/mol. The Balaban J connectivity index is 1.62. The molecule has 126 valence electrons. The summed E-state index contributed by atoms with van der Waals surface area (Å²) in [7, 11) is 1.92. The normalized spacial score (nSPS) is 17.0. The molecule has 0 bridgehead atoms. The Labute approximate surface area is 151 Å². The lowest BCUT2D eigenvalue weighted by atomic mass is 9.86. The molecule has 4 nitrogen and oxygen atoms in total. The van der Waals surface area contributed by atoms with Gasteiger partial charge in [-0.2, -0.15) is 5.10 Å². The maximum Gasteiger partial charge on any atom is 0.246 e. The van der Waals surface area contributed by atoms with E-state index < -0.39 is 0 Å². The van der Waals surface area contributed by atoms with Crippen molar-refractivity contribution >= 4 is 23.3 Å². The van der Waals surface area contributed by atoms with E-state index >= 15 is 0 Å². The molecule has 5 heteroatoms. The highest BCUT2D eigenvalue weighted by atomic mass is 32.1. The van der Waals surface area contributed by atoms with E-state index in [4.69, 9.17) is 0 Å². The first-order chi connectivity index (χ1) is 12.2. The minimum Gasteiger partial charge on any atom is -0.334 e. The second-order valence-corrected chi connectivity index (χ2v) is 7.25. The number of fused-ring (bicyclic) bond motifs is 1. The summed E-state index contributed by atoms with van der Waals surface area (Å²) in [6.45, 7) is 1.33. The van der Waals surface area contributed by atoms with Crippen LogP contribution in [0.5, 0.6) is 0 Å². The number of carbonyl (C=O) groups is 1. The molecule has 1 atom stereocenters. The Morgan fingerprint density at radius 1 is 1.28 bits per heavy atom. The van der Waals surface area contributed by atoms with Crippen molar-refractivity contribution in [1.29, 1.82) is 0 Å². The van der Waals surface area contributed by atoms with Gasteiger partial charge in [-0.3, -0.25) is 9.48 Å². The summed E-state index contributed by atoms with van der Waals surface area (Å²) in [6.07, 6.45) is 7.51. The summed E-state index contributed by atoms with van der Waals surface area (Å²) >= 11 is 1.63. The van der Waals surface area contributed by atoms with Crippen LogP contribution >= 0.6 is 11.3 Å². The van der Waals surface area contributed by atoms with E-state index in [1.54, 1.807) is 17.4 Å². The van der Waals surface area contributed by atoms with Gasteiger partial charge in [0.25, 0.3) is 0 Å². The van der Waals surface area contributed by atoms with Crippen molar-refractivity contribution in [3.05, 3.63) is 81.8 Å². The topological polar surface area (TPSA) is 38.1 Å². The molecule has 1 amide bonds. The molecule has 1 aromatic carbocycles. The summed E-state index contributed by atoms with van der Waals surface area (Å²) in [5.41, 5.74) is 3.65. The van der Waals surface area contributed by atoms with Crippen molar-refractivity contribution in [1.82, 2.24) is 14.7 Å². The lowest BCUT2D eigenvalue weighted by Gasteiger charge is -2.34. The first-order valence-electron chi connectivity index (χ1n) is 8.27. The Morgan fingerprint density at radius 3 is 2.92 bits per heavy atom. The molecule has 25 heavy (non-hydrogen) atoms. The third-order valence-electron chi connectivity index (χ3n) is 4.57. The first-order valence-corrected chi connectivity index (χ1v) is 9.15. The number of hydrogen-bond acceptors (Lipinski definition) is 3. The van der Waals surface area contributed by atoms with Crippen LogP contribution < -0.4 is 0 Å². The van der Waals surface area contributed by atoms with Crippen LogP contribution in [0.3, 0.4) is 0 Å². The molecule has 0 saturated heterocycles. The number of nitrogens with zero attached hydrogens (tertiary/aromatic N) is 3. The molecule has 0 fully saturated rings. The van der Waals surface area contributed by atoms with Crippen LogP contribution in [0.25, 0.3) is 6.08 Å². The number of benzene rings is 1. The summed E-state index contributed by atoms with van der Waals surface area (Å²) in [6, 6.07) is 12.4. The third-order valence-corrected chi connectivity index (χ3v) is 5.40. The lowest BCUT2D eigenvalue weighted by Crippen LogP contribution is -2.37. The van der Waals surface area contributed by atoms with Crippen LogP contribution in [-0.4, -0.2) is 27.1 Å². The van der Waals surface area contributed by atoms with E-state index in [0.29, 0.717) is 13.1 Å². The average Bonchev–Trinajstić information content (AvgIpc) is 3.30. The molecule has 0 radical (unpaired) electrons. The highest BCUT2D eigenvalue weighted by Gasteiger charge is 2.28. The zero-order chi connectivity index (χ0) is 17.2. The van der Waals surface area contributed by atoms with E-state index in [2.05, 4.69) is 23.3 Å². The maximum atomic E-state index is 12.7. The quantitative estimate of drug-likeness (QED) is 0.677. The lowest BCUT2D eigenvalue weighted by molar-refractivity contribution is -0.127. The monoisotopic (exact) mass is 349 g/mol. The molecule has 2 aromatic heterocycles. The number of carbonyl (C=O) groups excluding carboxylic acids is 1. The van der Waals surface area contributed by atoms with Gasteiger partial charge in [0.05, 0.1) is 6.20 Å². The molecule has 1 aliphatic heterocycles. The fourth-order valence-corrected chi connectivity index (χ4v) is 3.94. The molecule has 1 aliphatic rings. The van der Waals surface area contributed by atoms with Gasteiger partial charge in [0.2, 0.25) is 5.91 Å². The molecule has 3 aromatic rings. The van der Waals surface area contributed by atoms with Gasteiger partial charge in [0, 0.05) is 43.2 Å². The number of rotatable bonds is 3. The molecule has 0 spiro atoms. The largest absolute Gasteiger partial charge is 0.334 e. The molecule has 0 N–H and O–H groups in total. The first kappa shape index (κ1) is 15.8. The van der Waals surface area contributed by atoms with Gasteiger partial charge in [-0.05, 0) is 34.2 Å². The third kappa shape index (κ3) is 3.28. The SMILES string of the molecule is Cn1cc(C2CN(C(=O)/C=C/c3cccs3)Cc3ccccc32)cn1. The zero-order valence-corrected chi connectivity index (χ0v) is 14.8. The van der Waals surface area contributed by atoms with E-state index in [0.717, 1.165) is 10.4 Å². The van der Waals surface area contributed by atoms with E-state index in [-0.39, 0.29) is 11.8 Å². The van der Waals surface area contributed by atoms with E-state index in [9.17, 15) is 4.79 Å². The predicted molar refractivity (Wildman–Crippen MR) is 100 cm³/mol. The number of aryl methyl sites for hydroxylation is 1. The fourth-order valence-electron chi connectivity index (χ4n) is 3.32. The number of amides is 1. The van der Waals surface area contributed by atoms with E-state index in [1.807, 2.05) is 58.7 Å². The Bertz CT molecular complexity index is 911. The van der Waals surface area contributed by atoms with Gasteiger partial charge >= 0.3 is 0 Å². The Kier molecular flexibility index (Phi) is 4.24. The molecular formula is C20H19N3OS. The van der Waals surface area contributed by atoms with Gasteiger partial charge < -0.3 is 4.90 Å². The number of thiophene rings is 1. The predicted octanol–water partition coefficient (Wildman–Crippen LogP) is 3.67. The summed E-state index contributed by atoms with van der Waals surface area (Å²) in [5.74, 6) is 0.217. The number of hydrogen-bond donors (Lipinski definition) is 0. The van der Waals surface area contributed by atoms with Crippen LogP contribution in [0.15, 0.2) is 60.2 Å². The van der Waals surface area contributed by atoms with Crippen LogP contribution in [0.2, 0.25) is 0 Å². The molecule has 0 aliphatic carbocycles. The second-order valence-electron chi connectivity index (χ2n) is 6.27. The van der Waals surface area contributed by atoms with Crippen molar-refractivity contribution in [2.75, 3.05) is 6.54 Å². The van der Waals surface area contributed by atoms with Gasteiger partial charge in [-0.25, -0.2) is 0 Å². The van der Waals surface area contributed by atoms with E-state index in [1.165, 1.54) is 11.1 Å². The van der Waals surface area contributed by atoms with Gasteiger partial charge in [-0.1, -0.05) is 30.3 Å². The minimum absolute atomic E-state index is 0.0526. The highest BCUT2D eigenvalue weighted by Crippen LogP contribution is 2.33. The van der Waals surface area contributed by atoms with Crippen molar-refractivity contribution < 1.29 is 4.79 Å². The van der Waals surface area contributed by atoms with Crippen LogP contribution in [0.4, 0.5) is 0 Å². The van der Waals surface area contributed by atoms with Crippen LogP contribution in [-0.2, 0) is 18.4 Å². The number of aromatic nitrogens is 2.